The van der Waals surface area contributed by atoms with Gasteiger partial charge in [0, 0.05) is 23.2 Å². The Balaban J connectivity index is 1.63. The summed E-state index contributed by atoms with van der Waals surface area (Å²) in [5.41, 5.74) is 12.5. The maximum atomic E-state index is 14.7. The summed E-state index contributed by atoms with van der Waals surface area (Å²) in [5, 5.41) is 10.6. The zero-order valence-corrected chi connectivity index (χ0v) is 17.2. The van der Waals surface area contributed by atoms with E-state index in [1.807, 2.05) is 0 Å². The van der Waals surface area contributed by atoms with Gasteiger partial charge in [-0.3, -0.25) is 9.48 Å². The minimum atomic E-state index is -2.53. The van der Waals surface area contributed by atoms with Crippen molar-refractivity contribution in [2.45, 2.75) is 50.7 Å². The number of nitrogens with one attached hydrogen (secondary N) is 2. The Morgan fingerprint density at radius 2 is 2.00 bits per heavy atom. The fourth-order valence-electron chi connectivity index (χ4n) is 3.97. The van der Waals surface area contributed by atoms with Crippen molar-refractivity contribution in [1.29, 1.82) is 0 Å². The molecule has 2 atom stereocenters. The van der Waals surface area contributed by atoms with E-state index < -0.39 is 24.7 Å². The Morgan fingerprint density at radius 3 is 2.72 bits per heavy atom. The van der Waals surface area contributed by atoms with Crippen LogP contribution in [0.25, 0.3) is 10.9 Å². The third-order valence-corrected chi connectivity index (χ3v) is 5.60. The first kappa shape index (κ1) is 21.9. The molecule has 2 aromatic heterocycles. The molecule has 1 saturated carbocycles. The van der Waals surface area contributed by atoms with E-state index in [4.69, 9.17) is 11.5 Å². The van der Waals surface area contributed by atoms with Crippen molar-refractivity contribution in [3.8, 4) is 0 Å². The Morgan fingerprint density at radius 1 is 1.22 bits per heavy atom. The number of hydrogen-bond donors (Lipinski definition) is 4. The van der Waals surface area contributed by atoms with Gasteiger partial charge in [0.1, 0.15) is 12.4 Å². The number of benzene rings is 1. The summed E-state index contributed by atoms with van der Waals surface area (Å²) in [6.45, 7) is -0.514. The molecule has 170 valence electrons. The summed E-state index contributed by atoms with van der Waals surface area (Å²) in [5.74, 6) is -1.49. The molecule has 0 aliphatic heterocycles. The molecule has 0 radical (unpaired) electrons. The van der Waals surface area contributed by atoms with Gasteiger partial charge in [0.15, 0.2) is 11.6 Å². The fourth-order valence-corrected chi connectivity index (χ4v) is 3.97. The lowest BCUT2D eigenvalue weighted by atomic mass is 9.91. The van der Waals surface area contributed by atoms with Crippen LogP contribution in [0.15, 0.2) is 30.5 Å². The predicted octanol–water partition coefficient (Wildman–Crippen LogP) is 3.36. The molecule has 0 saturated heterocycles. The second kappa shape index (κ2) is 9.03. The van der Waals surface area contributed by atoms with E-state index >= 15 is 0 Å². The third-order valence-electron chi connectivity index (χ3n) is 5.60. The van der Waals surface area contributed by atoms with Crippen molar-refractivity contribution in [3.05, 3.63) is 41.8 Å². The van der Waals surface area contributed by atoms with Crippen LogP contribution in [0.2, 0.25) is 0 Å². The number of aromatic nitrogens is 3. The highest BCUT2D eigenvalue weighted by atomic mass is 19.3. The number of halogens is 3. The Bertz CT molecular complexity index is 1130. The van der Waals surface area contributed by atoms with E-state index in [0.29, 0.717) is 16.6 Å². The average molecular weight is 447 g/mol. The van der Waals surface area contributed by atoms with Gasteiger partial charge in [0.05, 0.1) is 17.3 Å². The topological polar surface area (TPSA) is 124 Å². The standard InChI is InChI=1S/C21H24F3N7O/c22-14-8-13(19(26)32)20(30-21(14)29-16-4-2-1-3-15(16)25)28-12-5-6-17-11(7-12)9-27-31(17)10-18(23)24/h5-9,15-16,18H,1-4,10,25H2,(H2,26,32)(H2,28,29,30). The fraction of sp³-hybridized carbons (Fsp3) is 0.381. The van der Waals surface area contributed by atoms with Gasteiger partial charge in [-0.1, -0.05) is 12.8 Å². The van der Waals surface area contributed by atoms with Crippen LogP contribution in [-0.2, 0) is 6.54 Å². The van der Waals surface area contributed by atoms with Gasteiger partial charge in [-0.15, -0.1) is 0 Å². The number of anilines is 3. The Hall–Kier alpha value is -3.34. The van der Waals surface area contributed by atoms with Crippen LogP contribution in [0.4, 0.5) is 30.5 Å². The third kappa shape index (κ3) is 4.62. The smallest absolute Gasteiger partial charge is 0.257 e. The molecule has 0 spiro atoms. The summed E-state index contributed by atoms with van der Waals surface area (Å²) in [6.07, 6.45) is 2.58. The normalized spacial score (nSPS) is 18.8. The van der Waals surface area contributed by atoms with Crippen molar-refractivity contribution in [3.63, 3.8) is 0 Å². The van der Waals surface area contributed by atoms with Crippen LogP contribution in [0.1, 0.15) is 36.0 Å². The van der Waals surface area contributed by atoms with Gasteiger partial charge < -0.3 is 22.1 Å². The molecule has 1 aromatic carbocycles. The molecule has 3 aromatic rings. The molecule has 32 heavy (non-hydrogen) atoms. The van der Waals surface area contributed by atoms with Crippen LogP contribution in [0.3, 0.4) is 0 Å². The second-order valence-corrected chi connectivity index (χ2v) is 7.89. The van der Waals surface area contributed by atoms with E-state index in [0.717, 1.165) is 31.7 Å². The van der Waals surface area contributed by atoms with Gasteiger partial charge in [0.2, 0.25) is 0 Å². The van der Waals surface area contributed by atoms with Gasteiger partial charge in [0.25, 0.3) is 12.3 Å². The van der Waals surface area contributed by atoms with Crippen molar-refractivity contribution < 1.29 is 18.0 Å². The summed E-state index contributed by atoms with van der Waals surface area (Å²) < 4.78 is 41.3. The van der Waals surface area contributed by atoms with E-state index in [-0.39, 0.29) is 29.3 Å². The molecule has 2 unspecified atom stereocenters. The lowest BCUT2D eigenvalue weighted by molar-refractivity contribution is 0.1000. The Labute approximate surface area is 182 Å². The van der Waals surface area contributed by atoms with E-state index in [9.17, 15) is 18.0 Å². The largest absolute Gasteiger partial charge is 0.365 e. The summed E-state index contributed by atoms with van der Waals surface area (Å²) in [7, 11) is 0. The molecule has 11 heteroatoms. The highest BCUT2D eigenvalue weighted by Gasteiger charge is 2.24. The number of hydrogen-bond acceptors (Lipinski definition) is 6. The molecule has 6 N–H and O–H groups in total. The maximum Gasteiger partial charge on any atom is 0.257 e. The van der Waals surface area contributed by atoms with Crippen LogP contribution in [-0.4, -0.2) is 39.2 Å². The molecule has 1 amide bonds. The molecule has 1 fully saturated rings. The number of rotatable bonds is 7. The number of amides is 1. The van der Waals surface area contributed by atoms with Crippen molar-refractivity contribution in [2.75, 3.05) is 10.6 Å². The Kier molecular flexibility index (Phi) is 6.17. The molecule has 2 heterocycles. The number of carbonyl (C=O) groups is 1. The maximum absolute atomic E-state index is 14.7. The monoisotopic (exact) mass is 447 g/mol. The minimum absolute atomic E-state index is 0.0225. The van der Waals surface area contributed by atoms with Crippen molar-refractivity contribution in [1.82, 2.24) is 14.8 Å². The SMILES string of the molecule is NC(=O)c1cc(F)c(NC2CCCCC2N)nc1Nc1ccc2c(cnn2CC(F)F)c1. The average Bonchev–Trinajstić information content (AvgIpc) is 3.13. The number of nitrogens with zero attached hydrogens (tertiary/aromatic N) is 3. The van der Waals surface area contributed by atoms with Gasteiger partial charge in [-0.05, 0) is 37.1 Å². The molecular weight excluding hydrogens is 423 g/mol. The molecule has 8 nitrogen and oxygen atoms in total. The van der Waals surface area contributed by atoms with Crippen LogP contribution < -0.4 is 22.1 Å². The predicted molar refractivity (Wildman–Crippen MR) is 116 cm³/mol. The number of pyridine rings is 1. The number of fused-ring (bicyclic) bond motifs is 1. The first-order valence-electron chi connectivity index (χ1n) is 10.3. The number of nitrogens with two attached hydrogens (primary N) is 2. The van der Waals surface area contributed by atoms with E-state index in [1.165, 1.54) is 10.9 Å². The van der Waals surface area contributed by atoms with Crippen LogP contribution >= 0.6 is 0 Å². The minimum Gasteiger partial charge on any atom is -0.365 e. The van der Waals surface area contributed by atoms with Crippen molar-refractivity contribution >= 4 is 34.1 Å². The lowest BCUT2D eigenvalue weighted by Crippen LogP contribution is -2.43. The van der Waals surface area contributed by atoms with Crippen LogP contribution in [0, 0.1) is 5.82 Å². The summed E-state index contributed by atoms with van der Waals surface area (Å²) in [4.78, 5) is 16.2. The van der Waals surface area contributed by atoms with Crippen LogP contribution in [0.5, 0.6) is 0 Å². The summed E-state index contributed by atoms with van der Waals surface area (Å²) in [6, 6.07) is 5.71. The highest BCUT2D eigenvalue weighted by molar-refractivity contribution is 5.99. The van der Waals surface area contributed by atoms with Gasteiger partial charge in [-0.2, -0.15) is 5.10 Å². The quantitative estimate of drug-likeness (QED) is 0.440. The molecule has 4 rings (SSSR count). The number of alkyl halides is 2. The lowest BCUT2D eigenvalue weighted by Gasteiger charge is -2.30. The number of carbonyl (C=O) groups excluding carboxylic acids is 1. The molecule has 1 aliphatic carbocycles. The first-order valence-corrected chi connectivity index (χ1v) is 10.3. The number of primary amides is 1. The van der Waals surface area contributed by atoms with Crippen molar-refractivity contribution in [2.24, 2.45) is 11.5 Å². The molecule has 0 bridgehead atoms. The zero-order valence-electron chi connectivity index (χ0n) is 17.2. The van der Waals surface area contributed by atoms with E-state index in [2.05, 4.69) is 20.7 Å². The first-order chi connectivity index (χ1) is 15.3. The zero-order chi connectivity index (χ0) is 22.8. The van der Waals surface area contributed by atoms with Gasteiger partial charge >= 0.3 is 0 Å². The second-order valence-electron chi connectivity index (χ2n) is 7.89. The van der Waals surface area contributed by atoms with Gasteiger partial charge in [-0.25, -0.2) is 18.2 Å². The molecule has 1 aliphatic rings. The molecular formula is C21H24F3N7O. The highest BCUT2D eigenvalue weighted by Crippen LogP contribution is 2.28. The summed E-state index contributed by atoms with van der Waals surface area (Å²) >= 11 is 0. The van der Waals surface area contributed by atoms with E-state index in [1.54, 1.807) is 18.2 Å².